The molecule has 0 saturated heterocycles. The average Bonchev–Trinajstić information content (AvgIpc) is 2.60. The minimum absolute atomic E-state index is 1.09. The zero-order chi connectivity index (χ0) is 29.0. The summed E-state index contributed by atoms with van der Waals surface area (Å²) in [5.41, 5.74) is 3.28. The van der Waals surface area contributed by atoms with Gasteiger partial charge in [-0.15, -0.1) is 0 Å². The second-order valence-electron chi connectivity index (χ2n) is 14.3. The summed E-state index contributed by atoms with van der Waals surface area (Å²) in [6.45, 7) is 33.1. The second kappa shape index (κ2) is 13.0. The number of benzene rings is 1. The molecule has 214 valence electrons. The van der Waals surface area contributed by atoms with E-state index in [-0.39, 0.29) is 0 Å². The van der Waals surface area contributed by atoms with Crippen molar-refractivity contribution in [2.24, 2.45) is 0 Å². The highest BCUT2D eigenvalue weighted by Crippen LogP contribution is 2.37. The highest BCUT2D eigenvalue weighted by molar-refractivity contribution is 7.37. The van der Waals surface area contributed by atoms with Crippen molar-refractivity contribution in [3.63, 3.8) is 0 Å². The Morgan fingerprint density at radius 3 is 1.27 bits per heavy atom. The summed E-state index contributed by atoms with van der Waals surface area (Å²) in [6, 6.07) is 10.3. The molecule has 1 aromatic rings. The third-order valence-electron chi connectivity index (χ3n) is 4.26. The van der Waals surface area contributed by atoms with Gasteiger partial charge in [0.2, 0.25) is 0 Å². The maximum Gasteiger partial charge on any atom is 0.513 e. The lowest BCUT2D eigenvalue weighted by Gasteiger charge is -2.50. The molecule has 37 heavy (non-hydrogen) atoms. The number of hydrogen-bond donors (Lipinski definition) is 0. The molecule has 0 aromatic heterocycles. The molecule has 0 spiro atoms. The molecule has 0 aliphatic heterocycles. The molecule has 0 atom stereocenters. The fraction of sp³-hybridized carbons (Fsp3) is 0.652. The molecule has 6 nitrogen and oxygen atoms in total. The van der Waals surface area contributed by atoms with Crippen LogP contribution >= 0.6 is 0 Å². The van der Waals surface area contributed by atoms with Gasteiger partial charge in [0.05, 0.1) is 0 Å². The van der Waals surface area contributed by atoms with Crippen molar-refractivity contribution in [2.45, 2.75) is 98.2 Å². The van der Waals surface area contributed by atoms with Crippen LogP contribution in [0.4, 0.5) is 0 Å². The third-order valence-corrected chi connectivity index (χ3v) is 34.1. The van der Waals surface area contributed by atoms with Gasteiger partial charge in [0.1, 0.15) is 0 Å². The van der Waals surface area contributed by atoms with E-state index < -0.39 is 68.0 Å². The normalized spacial score (nSPS) is 15.3. The fourth-order valence-corrected chi connectivity index (χ4v) is 45.7. The van der Waals surface area contributed by atoms with Crippen molar-refractivity contribution in [1.29, 1.82) is 0 Å². The summed E-state index contributed by atoms with van der Waals surface area (Å²) in [4.78, 5) is 0. The van der Waals surface area contributed by atoms with Gasteiger partial charge in [0, 0.05) is 0 Å². The van der Waals surface area contributed by atoms with Crippen molar-refractivity contribution >= 4 is 74.1 Å². The average molecular weight is 651 g/mol. The van der Waals surface area contributed by atoms with E-state index in [1.54, 1.807) is 0 Å². The first-order valence-corrected chi connectivity index (χ1v) is 36.0. The zero-order valence-corrected chi connectivity index (χ0v) is 34.6. The number of hydrogen-bond acceptors (Lipinski definition) is 6. The lowest BCUT2D eigenvalue weighted by atomic mass is 10.2. The van der Waals surface area contributed by atoms with Gasteiger partial charge in [0.25, 0.3) is 10.0 Å². The monoisotopic (exact) mass is 650 g/mol. The summed E-state index contributed by atoms with van der Waals surface area (Å²) in [6.07, 6.45) is 2.14. The van der Waals surface area contributed by atoms with E-state index in [1.807, 2.05) is 6.07 Å². The second-order valence-corrected chi connectivity index (χ2v) is 48.0. The first kappa shape index (κ1) is 35.5. The van der Waals surface area contributed by atoms with Crippen LogP contribution in [0.2, 0.25) is 98.2 Å². The Bertz CT molecular complexity index is 833. The van der Waals surface area contributed by atoms with Crippen molar-refractivity contribution < 1.29 is 24.7 Å². The minimum atomic E-state index is -3.56. The molecule has 0 bridgehead atoms. The minimum Gasteiger partial charge on any atom is -0.441 e. The van der Waals surface area contributed by atoms with E-state index in [0.29, 0.717) is 0 Å². The van der Waals surface area contributed by atoms with Gasteiger partial charge in [-0.2, -0.15) is 0 Å². The highest BCUT2D eigenvalue weighted by atomic mass is 29.3. The van der Waals surface area contributed by atoms with Gasteiger partial charge in [-0.1, -0.05) is 36.4 Å². The van der Waals surface area contributed by atoms with Crippen LogP contribution in [-0.4, -0.2) is 68.0 Å². The van der Waals surface area contributed by atoms with Crippen molar-refractivity contribution in [3.8, 4) is 0 Å². The molecule has 1 aromatic carbocycles. The summed E-state index contributed by atoms with van der Waals surface area (Å²) < 4.78 is 42.4. The van der Waals surface area contributed by atoms with E-state index in [4.69, 9.17) is 24.7 Å². The van der Waals surface area contributed by atoms with E-state index in [2.05, 4.69) is 134 Å². The fourth-order valence-electron chi connectivity index (χ4n) is 3.41. The van der Waals surface area contributed by atoms with E-state index >= 15 is 0 Å². The Morgan fingerprint density at radius 1 is 0.514 bits per heavy atom. The number of rotatable bonds is 15. The van der Waals surface area contributed by atoms with Crippen molar-refractivity contribution in [2.75, 3.05) is 0 Å². The summed E-state index contributed by atoms with van der Waals surface area (Å²) in [5.74, 6) is 0. The van der Waals surface area contributed by atoms with E-state index in [9.17, 15) is 0 Å². The maximum absolute atomic E-state index is 7.28. The van der Waals surface area contributed by atoms with Crippen LogP contribution in [0.3, 0.4) is 0 Å². The molecular weight excluding hydrogens is 597 g/mol. The van der Waals surface area contributed by atoms with Gasteiger partial charge in [0.15, 0.2) is 41.6 Å². The third kappa shape index (κ3) is 14.1. The first-order chi connectivity index (χ1) is 16.4. The summed E-state index contributed by atoms with van der Waals surface area (Å²) in [7, 11) is -18.8. The molecule has 1 rings (SSSR count). The van der Waals surface area contributed by atoms with Gasteiger partial charge in [-0.25, -0.2) is 0 Å². The van der Waals surface area contributed by atoms with Gasteiger partial charge in [-0.3, -0.25) is 0 Å². The molecule has 0 fully saturated rings. The molecule has 0 unspecified atom stereocenters. The molecule has 0 N–H and O–H groups in total. The van der Waals surface area contributed by atoms with Crippen LogP contribution < -0.4 is 0 Å². The SMILES string of the molecule is C[Si](C)(C)O[SiH2]O[Si](O[Si](C)(C)C)(O[Si](C)(C)C)[Si](C=Cc1ccccc1)(O[Si](C)(C)C)O[Si](C)(C)C. The van der Waals surface area contributed by atoms with Crippen LogP contribution in [0.15, 0.2) is 36.0 Å². The lowest BCUT2D eigenvalue weighted by molar-refractivity contribution is 0.243. The Kier molecular flexibility index (Phi) is 12.4. The topological polar surface area (TPSA) is 55.4 Å². The van der Waals surface area contributed by atoms with Crippen LogP contribution in [0.25, 0.3) is 6.08 Å². The molecule has 0 saturated carbocycles. The van der Waals surface area contributed by atoms with Crippen LogP contribution in [-0.2, 0) is 24.7 Å². The predicted octanol–water partition coefficient (Wildman–Crippen LogP) is 6.97. The summed E-state index contributed by atoms with van der Waals surface area (Å²) >= 11 is 0. The highest BCUT2D eigenvalue weighted by Gasteiger charge is 2.70. The molecule has 0 aliphatic carbocycles. The van der Waals surface area contributed by atoms with Crippen molar-refractivity contribution in [1.82, 2.24) is 0 Å². The molecular formula is C23H54O6Si8. The van der Waals surface area contributed by atoms with Gasteiger partial charge in [-0.05, 0) is 109 Å². The first-order valence-electron chi connectivity index (χ1n) is 13.2. The summed E-state index contributed by atoms with van der Waals surface area (Å²) in [5, 5.41) is 0. The maximum atomic E-state index is 7.28. The van der Waals surface area contributed by atoms with E-state index in [0.717, 1.165) is 5.56 Å². The molecule has 0 radical (unpaired) electrons. The van der Waals surface area contributed by atoms with Crippen LogP contribution in [0.1, 0.15) is 5.56 Å². The van der Waals surface area contributed by atoms with Gasteiger partial charge >= 0.3 is 16.4 Å². The Balaban J connectivity index is 4.04. The predicted molar refractivity (Wildman–Crippen MR) is 179 cm³/mol. The molecule has 0 amide bonds. The lowest BCUT2D eigenvalue weighted by Crippen LogP contribution is -2.79. The molecule has 0 heterocycles. The standard InChI is InChI=1S/C23H54O6Si8/c1-31(2,3)24-30-25-37(28-34(10,11)12,29-35(13,14)15)36(26-32(4,5)6,27-33(7,8)9)22-21-23-19-17-16-18-20-23/h16-22H,30H2,1-15H3. The molecule has 14 heteroatoms. The largest absolute Gasteiger partial charge is 0.513 e. The Morgan fingerprint density at radius 2 is 0.919 bits per heavy atom. The molecule has 0 aliphatic rings. The van der Waals surface area contributed by atoms with Crippen LogP contribution in [0.5, 0.6) is 0 Å². The quantitative estimate of drug-likeness (QED) is 0.191. The van der Waals surface area contributed by atoms with Gasteiger partial charge < -0.3 is 24.7 Å². The zero-order valence-electron chi connectivity index (χ0n) is 26.2. The smallest absolute Gasteiger partial charge is 0.441 e. The Labute approximate surface area is 237 Å². The Hall–Kier alpha value is 0.455. The van der Waals surface area contributed by atoms with Crippen molar-refractivity contribution in [3.05, 3.63) is 41.6 Å². The van der Waals surface area contributed by atoms with E-state index in [1.165, 1.54) is 0 Å². The van der Waals surface area contributed by atoms with Crippen LogP contribution in [0, 0.1) is 0 Å².